The first-order valence-corrected chi connectivity index (χ1v) is 9.43. The summed E-state index contributed by atoms with van der Waals surface area (Å²) in [4.78, 5) is 16.5. The summed E-state index contributed by atoms with van der Waals surface area (Å²) in [5.41, 5.74) is 0.838. The minimum absolute atomic E-state index is 0.164. The SMILES string of the molecule is CC(C)c1nc(CCNC(=O)NCC2(C)CCCCC2O)cs1. The third kappa shape index (κ3) is 5.18. The van der Waals surface area contributed by atoms with Crippen molar-refractivity contribution in [3.05, 3.63) is 16.1 Å². The maximum absolute atomic E-state index is 11.9. The second-order valence-electron chi connectivity index (χ2n) is 7.11. The van der Waals surface area contributed by atoms with E-state index >= 15 is 0 Å². The maximum Gasteiger partial charge on any atom is 0.314 e. The van der Waals surface area contributed by atoms with E-state index in [0.717, 1.165) is 42.8 Å². The van der Waals surface area contributed by atoms with Crippen molar-refractivity contribution in [2.45, 2.75) is 64.9 Å². The monoisotopic (exact) mass is 339 g/mol. The summed E-state index contributed by atoms with van der Waals surface area (Å²) >= 11 is 1.68. The minimum atomic E-state index is -0.319. The highest BCUT2D eigenvalue weighted by molar-refractivity contribution is 7.09. The molecule has 0 radical (unpaired) electrons. The van der Waals surface area contributed by atoms with Gasteiger partial charge < -0.3 is 15.7 Å². The molecule has 1 aliphatic carbocycles. The zero-order valence-electron chi connectivity index (χ0n) is 14.4. The number of rotatable bonds is 6. The lowest BCUT2D eigenvalue weighted by Gasteiger charge is -2.38. The first kappa shape index (κ1) is 18.2. The molecule has 1 fully saturated rings. The van der Waals surface area contributed by atoms with Crippen molar-refractivity contribution in [1.82, 2.24) is 15.6 Å². The van der Waals surface area contributed by atoms with E-state index < -0.39 is 0 Å². The minimum Gasteiger partial charge on any atom is -0.392 e. The molecular weight excluding hydrogens is 310 g/mol. The van der Waals surface area contributed by atoms with Gasteiger partial charge in [-0.1, -0.05) is 33.6 Å². The van der Waals surface area contributed by atoms with Crippen molar-refractivity contribution in [2.75, 3.05) is 13.1 Å². The molecule has 2 unspecified atom stereocenters. The third-order valence-corrected chi connectivity index (χ3v) is 5.86. The number of urea groups is 1. The molecule has 2 amide bonds. The Morgan fingerprint density at radius 3 is 2.91 bits per heavy atom. The second kappa shape index (κ2) is 8.11. The maximum atomic E-state index is 11.9. The molecule has 2 atom stereocenters. The Morgan fingerprint density at radius 2 is 2.26 bits per heavy atom. The Hall–Kier alpha value is -1.14. The van der Waals surface area contributed by atoms with Gasteiger partial charge in [-0.05, 0) is 12.8 Å². The molecule has 3 N–H and O–H groups in total. The third-order valence-electron chi connectivity index (χ3n) is 4.66. The fourth-order valence-electron chi connectivity index (χ4n) is 2.94. The number of thiazole rings is 1. The predicted octanol–water partition coefficient (Wildman–Crippen LogP) is 3.05. The molecule has 1 aliphatic rings. The Balaban J connectivity index is 1.68. The van der Waals surface area contributed by atoms with Crippen LogP contribution in [0.5, 0.6) is 0 Å². The van der Waals surface area contributed by atoms with Gasteiger partial charge in [0.05, 0.1) is 16.8 Å². The van der Waals surface area contributed by atoms with Crippen LogP contribution in [-0.4, -0.2) is 35.3 Å². The van der Waals surface area contributed by atoms with Crippen LogP contribution in [0.1, 0.15) is 63.1 Å². The van der Waals surface area contributed by atoms with E-state index in [2.05, 4.69) is 41.8 Å². The zero-order valence-corrected chi connectivity index (χ0v) is 15.2. The summed E-state index contributed by atoms with van der Waals surface area (Å²) in [7, 11) is 0. The number of aliphatic hydroxyl groups excluding tert-OH is 1. The van der Waals surface area contributed by atoms with E-state index in [1.807, 2.05) is 0 Å². The highest BCUT2D eigenvalue weighted by atomic mass is 32.1. The van der Waals surface area contributed by atoms with E-state index in [-0.39, 0.29) is 17.6 Å². The van der Waals surface area contributed by atoms with Gasteiger partial charge >= 0.3 is 6.03 Å². The molecule has 1 saturated carbocycles. The van der Waals surface area contributed by atoms with Gasteiger partial charge in [-0.25, -0.2) is 9.78 Å². The molecule has 0 aromatic carbocycles. The van der Waals surface area contributed by atoms with Crippen LogP contribution in [0.4, 0.5) is 4.79 Å². The lowest BCUT2D eigenvalue weighted by molar-refractivity contribution is 0.00310. The smallest absolute Gasteiger partial charge is 0.314 e. The largest absolute Gasteiger partial charge is 0.392 e. The van der Waals surface area contributed by atoms with Gasteiger partial charge in [0.25, 0.3) is 0 Å². The first-order valence-electron chi connectivity index (χ1n) is 8.55. The number of aliphatic hydroxyl groups is 1. The Bertz CT molecular complexity index is 518. The van der Waals surface area contributed by atoms with Crippen LogP contribution in [0.2, 0.25) is 0 Å². The Morgan fingerprint density at radius 1 is 1.48 bits per heavy atom. The summed E-state index contributed by atoms with van der Waals surface area (Å²) in [6, 6.07) is -0.164. The topological polar surface area (TPSA) is 74.2 Å². The van der Waals surface area contributed by atoms with E-state index in [0.29, 0.717) is 19.0 Å². The second-order valence-corrected chi connectivity index (χ2v) is 8.00. The molecule has 0 bridgehead atoms. The van der Waals surface area contributed by atoms with Crippen LogP contribution in [-0.2, 0) is 6.42 Å². The van der Waals surface area contributed by atoms with Crippen LogP contribution < -0.4 is 10.6 Å². The summed E-state index contributed by atoms with van der Waals surface area (Å²) < 4.78 is 0. The van der Waals surface area contributed by atoms with Crippen molar-refractivity contribution < 1.29 is 9.90 Å². The fourth-order valence-corrected chi connectivity index (χ4v) is 3.81. The van der Waals surface area contributed by atoms with E-state index in [4.69, 9.17) is 0 Å². The number of carbonyl (C=O) groups excluding carboxylic acids is 1. The number of aromatic nitrogens is 1. The first-order chi connectivity index (χ1) is 10.9. The zero-order chi connectivity index (χ0) is 16.9. The summed E-state index contributed by atoms with van der Waals surface area (Å²) in [6.45, 7) is 7.42. The van der Waals surface area contributed by atoms with Gasteiger partial charge in [0.1, 0.15) is 0 Å². The summed E-state index contributed by atoms with van der Waals surface area (Å²) in [5, 5.41) is 19.1. The van der Waals surface area contributed by atoms with E-state index in [1.165, 1.54) is 0 Å². The van der Waals surface area contributed by atoms with Gasteiger partial charge in [-0.15, -0.1) is 11.3 Å². The normalized spacial score (nSPS) is 24.7. The molecule has 1 aromatic rings. The van der Waals surface area contributed by atoms with Crippen LogP contribution in [0.25, 0.3) is 0 Å². The molecule has 0 aliphatic heterocycles. The van der Waals surface area contributed by atoms with Crippen molar-refractivity contribution in [2.24, 2.45) is 5.41 Å². The van der Waals surface area contributed by atoms with Crippen molar-refractivity contribution in [1.29, 1.82) is 0 Å². The summed E-state index contributed by atoms with van der Waals surface area (Å²) in [5.74, 6) is 0.452. The lowest BCUT2D eigenvalue weighted by atomic mass is 9.73. The van der Waals surface area contributed by atoms with E-state index in [9.17, 15) is 9.90 Å². The number of nitrogens with zero attached hydrogens (tertiary/aromatic N) is 1. The van der Waals surface area contributed by atoms with Gasteiger partial charge in [0.2, 0.25) is 0 Å². The Labute approximate surface area is 142 Å². The molecule has 1 aromatic heterocycles. The highest BCUT2D eigenvalue weighted by Crippen LogP contribution is 2.35. The Kier molecular flexibility index (Phi) is 6.41. The number of nitrogens with one attached hydrogen (secondary N) is 2. The average molecular weight is 340 g/mol. The van der Waals surface area contributed by atoms with Crippen LogP contribution in [0, 0.1) is 5.41 Å². The van der Waals surface area contributed by atoms with Crippen LogP contribution in [0.15, 0.2) is 5.38 Å². The van der Waals surface area contributed by atoms with Crippen LogP contribution in [0.3, 0.4) is 0 Å². The number of carbonyl (C=O) groups is 1. The molecule has 0 spiro atoms. The quantitative estimate of drug-likeness (QED) is 0.746. The van der Waals surface area contributed by atoms with Gasteiger partial charge in [-0.3, -0.25) is 0 Å². The lowest BCUT2D eigenvalue weighted by Crippen LogP contribution is -2.47. The van der Waals surface area contributed by atoms with Gasteiger partial charge in [0.15, 0.2) is 0 Å². The van der Waals surface area contributed by atoms with Crippen LogP contribution >= 0.6 is 11.3 Å². The van der Waals surface area contributed by atoms with Crippen molar-refractivity contribution in [3.8, 4) is 0 Å². The molecule has 23 heavy (non-hydrogen) atoms. The number of hydrogen-bond acceptors (Lipinski definition) is 4. The highest BCUT2D eigenvalue weighted by Gasteiger charge is 2.35. The van der Waals surface area contributed by atoms with Crippen molar-refractivity contribution >= 4 is 17.4 Å². The number of amides is 2. The molecule has 2 rings (SSSR count). The van der Waals surface area contributed by atoms with Crippen molar-refractivity contribution in [3.63, 3.8) is 0 Å². The molecule has 0 saturated heterocycles. The molecule has 5 nitrogen and oxygen atoms in total. The average Bonchev–Trinajstić information content (AvgIpc) is 2.98. The molecule has 6 heteroatoms. The fraction of sp³-hybridized carbons (Fsp3) is 0.765. The van der Waals surface area contributed by atoms with Gasteiger partial charge in [0, 0.05) is 36.2 Å². The van der Waals surface area contributed by atoms with Gasteiger partial charge in [-0.2, -0.15) is 0 Å². The predicted molar refractivity (Wildman–Crippen MR) is 93.9 cm³/mol. The van der Waals surface area contributed by atoms with E-state index in [1.54, 1.807) is 11.3 Å². The molecule has 1 heterocycles. The standard InChI is InChI=1S/C17H29N3O2S/c1-12(2)15-20-13(10-23-15)7-9-18-16(22)19-11-17(3)8-5-4-6-14(17)21/h10,12,14,21H,4-9,11H2,1-3H3,(H2,18,19,22). The molecule has 130 valence electrons. The summed E-state index contributed by atoms with van der Waals surface area (Å²) in [6.07, 6.45) is 4.43. The number of hydrogen-bond donors (Lipinski definition) is 3. The molecular formula is C17H29N3O2S.